The van der Waals surface area contributed by atoms with Crippen molar-refractivity contribution in [1.29, 1.82) is 0 Å². The molecule has 1 heterocycles. The van der Waals surface area contributed by atoms with E-state index in [-0.39, 0.29) is 30.0 Å². The Labute approximate surface area is 200 Å². The largest absolute Gasteiger partial charge is 0.458 e. The molecule has 1 saturated heterocycles. The van der Waals surface area contributed by atoms with Gasteiger partial charge in [-0.1, -0.05) is 38.8 Å². The number of ether oxygens (including phenoxy) is 3. The van der Waals surface area contributed by atoms with Crippen molar-refractivity contribution in [3.8, 4) is 0 Å². The Bertz CT molecular complexity index is 983. The highest BCUT2D eigenvalue weighted by Gasteiger charge is 2.79. The molecule has 7 heteroatoms. The van der Waals surface area contributed by atoms with Crippen molar-refractivity contribution in [3.05, 3.63) is 23.8 Å². The second-order valence-corrected chi connectivity index (χ2v) is 11.3. The number of carbonyl (C=O) groups excluding carboxylic acids is 3. The van der Waals surface area contributed by atoms with Gasteiger partial charge >= 0.3 is 5.97 Å². The molecule has 1 unspecified atom stereocenters. The summed E-state index contributed by atoms with van der Waals surface area (Å²) < 4.78 is 18.5. The number of carbonyl (C=O) groups is 3. The summed E-state index contributed by atoms with van der Waals surface area (Å²) in [6, 6.07) is 0. The first-order valence-corrected chi connectivity index (χ1v) is 12.7. The number of aliphatic hydroxyl groups is 1. The summed E-state index contributed by atoms with van der Waals surface area (Å²) in [5.74, 6) is -0.857. The third-order valence-electron chi connectivity index (χ3n) is 9.81. The summed E-state index contributed by atoms with van der Waals surface area (Å²) in [5.41, 5.74) is -1.91. The van der Waals surface area contributed by atoms with E-state index >= 15 is 0 Å². The first kappa shape index (κ1) is 23.9. The van der Waals surface area contributed by atoms with Crippen molar-refractivity contribution in [3.63, 3.8) is 0 Å². The lowest BCUT2D eigenvalue weighted by Crippen LogP contribution is -2.74. The van der Waals surface area contributed by atoms with Gasteiger partial charge in [0.05, 0.1) is 11.7 Å². The molecule has 34 heavy (non-hydrogen) atoms. The quantitative estimate of drug-likeness (QED) is 0.612. The minimum absolute atomic E-state index is 0.000466. The van der Waals surface area contributed by atoms with Gasteiger partial charge in [0.1, 0.15) is 5.60 Å². The van der Waals surface area contributed by atoms with E-state index in [1.807, 2.05) is 13.0 Å². The molecule has 0 aromatic heterocycles. The first-order chi connectivity index (χ1) is 16.0. The molecule has 4 aliphatic carbocycles. The van der Waals surface area contributed by atoms with Crippen LogP contribution in [0.1, 0.15) is 72.6 Å². The van der Waals surface area contributed by atoms with E-state index in [0.717, 1.165) is 24.8 Å². The topological polar surface area (TPSA) is 99.1 Å². The number of Topliss-reactive ketones (excluding diaryl/α,β-unsaturated/α-hetero) is 1. The molecule has 7 nitrogen and oxygen atoms in total. The van der Waals surface area contributed by atoms with E-state index in [0.29, 0.717) is 25.7 Å². The van der Waals surface area contributed by atoms with Gasteiger partial charge < -0.3 is 19.3 Å². The molecular formula is C27H36O7. The van der Waals surface area contributed by atoms with E-state index in [4.69, 9.17) is 14.2 Å². The number of rotatable bonds is 5. The lowest BCUT2D eigenvalue weighted by Gasteiger charge is -2.67. The molecule has 0 spiro atoms. The summed E-state index contributed by atoms with van der Waals surface area (Å²) in [7, 11) is 0. The van der Waals surface area contributed by atoms with Gasteiger partial charge in [0, 0.05) is 23.7 Å². The average Bonchev–Trinajstić information content (AvgIpc) is 2.90. The lowest BCUT2D eigenvalue weighted by molar-refractivity contribution is -0.377. The van der Waals surface area contributed by atoms with Crippen LogP contribution in [-0.4, -0.2) is 52.8 Å². The fourth-order valence-electron chi connectivity index (χ4n) is 8.34. The second-order valence-electron chi connectivity index (χ2n) is 11.3. The fourth-order valence-corrected chi connectivity index (χ4v) is 8.34. The van der Waals surface area contributed by atoms with Crippen molar-refractivity contribution in [2.45, 2.75) is 96.2 Å². The molecule has 4 fully saturated rings. The highest BCUT2D eigenvalue weighted by atomic mass is 16.7. The van der Waals surface area contributed by atoms with Gasteiger partial charge in [-0.2, -0.15) is 0 Å². The molecule has 2 bridgehead atoms. The summed E-state index contributed by atoms with van der Waals surface area (Å²) in [6.07, 6.45) is 8.66. The molecule has 1 N–H and O–H groups in total. The smallest absolute Gasteiger partial charge is 0.303 e. The molecule has 5 aliphatic rings. The predicted octanol–water partition coefficient (Wildman–Crippen LogP) is 3.43. The SMILES string of the molecule is CCCC1O[C@@]2(C(=O)COC(C)=O)CC[C@@]3(O1)[C@@H]1CCC4=CC(=O)C=C[C@]4(C)[C@H]1[C@@H](O)C[C@]23C. The van der Waals surface area contributed by atoms with E-state index in [1.165, 1.54) is 6.92 Å². The first-order valence-electron chi connectivity index (χ1n) is 12.7. The third kappa shape index (κ3) is 2.96. The monoisotopic (exact) mass is 472 g/mol. The second kappa shape index (κ2) is 7.84. The summed E-state index contributed by atoms with van der Waals surface area (Å²) in [4.78, 5) is 37.3. The van der Waals surface area contributed by atoms with Gasteiger partial charge in [-0.25, -0.2) is 0 Å². The van der Waals surface area contributed by atoms with Crippen molar-refractivity contribution in [1.82, 2.24) is 0 Å². The Morgan fingerprint density at radius 1 is 1.24 bits per heavy atom. The maximum Gasteiger partial charge on any atom is 0.303 e. The van der Waals surface area contributed by atoms with Crippen LogP contribution in [-0.2, 0) is 28.6 Å². The van der Waals surface area contributed by atoms with Gasteiger partial charge in [-0.3, -0.25) is 14.4 Å². The van der Waals surface area contributed by atoms with Gasteiger partial charge in [0.2, 0.25) is 5.78 Å². The summed E-state index contributed by atoms with van der Waals surface area (Å²) in [6.45, 7) is 7.17. The number of esters is 1. The van der Waals surface area contributed by atoms with Crippen molar-refractivity contribution in [2.75, 3.05) is 6.61 Å². The number of hydrogen-bond donors (Lipinski definition) is 1. The Kier molecular flexibility index (Phi) is 5.51. The third-order valence-corrected chi connectivity index (χ3v) is 9.81. The zero-order chi connectivity index (χ0) is 24.5. The van der Waals surface area contributed by atoms with E-state index < -0.39 is 40.4 Å². The Hall–Kier alpha value is -1.83. The highest BCUT2D eigenvalue weighted by molar-refractivity contribution is 6.01. The summed E-state index contributed by atoms with van der Waals surface area (Å²) in [5, 5.41) is 11.7. The minimum atomic E-state index is -1.16. The zero-order valence-corrected chi connectivity index (χ0v) is 20.6. The Morgan fingerprint density at radius 3 is 2.71 bits per heavy atom. The number of ketones is 2. The van der Waals surface area contributed by atoms with Gasteiger partial charge in [0.25, 0.3) is 0 Å². The van der Waals surface area contributed by atoms with Crippen LogP contribution in [0.3, 0.4) is 0 Å². The Morgan fingerprint density at radius 2 is 2.00 bits per heavy atom. The maximum absolute atomic E-state index is 13.7. The molecule has 0 aromatic rings. The van der Waals surface area contributed by atoms with Crippen LogP contribution in [0.2, 0.25) is 0 Å². The molecule has 1 aliphatic heterocycles. The van der Waals surface area contributed by atoms with Crippen LogP contribution in [0, 0.1) is 22.7 Å². The zero-order valence-electron chi connectivity index (χ0n) is 20.6. The highest BCUT2D eigenvalue weighted by Crippen LogP contribution is 2.73. The van der Waals surface area contributed by atoms with Gasteiger partial charge in [0.15, 0.2) is 18.7 Å². The maximum atomic E-state index is 13.7. The molecule has 0 radical (unpaired) electrons. The van der Waals surface area contributed by atoms with Crippen LogP contribution in [0.4, 0.5) is 0 Å². The standard InChI is InChI=1S/C27H36O7/c1-5-6-22-33-26-11-12-27(34-22,21(31)15-32-16(2)28)25(26,4)14-20(30)23-19(26)8-7-17-13-18(29)9-10-24(17,23)3/h9-10,13,19-20,22-23,30H,5-8,11-12,14-15H2,1-4H3/t19-,20+,22?,23-,24+,25+,26-,27-/m1/s1. The molecule has 3 saturated carbocycles. The minimum Gasteiger partial charge on any atom is -0.458 e. The Balaban J connectivity index is 1.60. The molecule has 5 rings (SSSR count). The molecule has 0 aromatic carbocycles. The predicted molar refractivity (Wildman–Crippen MR) is 122 cm³/mol. The van der Waals surface area contributed by atoms with Gasteiger partial charge in [-0.05, 0) is 56.6 Å². The number of aliphatic hydroxyl groups excluding tert-OH is 1. The number of allylic oxidation sites excluding steroid dienone is 4. The van der Waals surface area contributed by atoms with E-state index in [2.05, 4.69) is 13.8 Å². The van der Waals surface area contributed by atoms with E-state index in [1.54, 1.807) is 12.2 Å². The fraction of sp³-hybridized carbons (Fsp3) is 0.741. The number of hydrogen-bond acceptors (Lipinski definition) is 7. The van der Waals surface area contributed by atoms with Crippen molar-refractivity contribution < 1.29 is 33.7 Å². The van der Waals surface area contributed by atoms with Crippen LogP contribution in [0.15, 0.2) is 23.8 Å². The molecule has 0 amide bonds. The normalized spacial score (nSPS) is 46.7. The van der Waals surface area contributed by atoms with Crippen LogP contribution >= 0.6 is 0 Å². The van der Waals surface area contributed by atoms with Crippen LogP contribution < -0.4 is 0 Å². The molecule has 8 atom stereocenters. The van der Waals surface area contributed by atoms with Crippen molar-refractivity contribution in [2.24, 2.45) is 22.7 Å². The average molecular weight is 473 g/mol. The number of fused-ring (bicyclic) bond motifs is 3. The van der Waals surface area contributed by atoms with Crippen LogP contribution in [0.25, 0.3) is 0 Å². The molecule has 186 valence electrons. The molecular weight excluding hydrogens is 436 g/mol. The van der Waals surface area contributed by atoms with Crippen molar-refractivity contribution >= 4 is 17.5 Å². The van der Waals surface area contributed by atoms with Gasteiger partial charge in [-0.15, -0.1) is 0 Å². The van der Waals surface area contributed by atoms with Crippen LogP contribution in [0.5, 0.6) is 0 Å². The van der Waals surface area contributed by atoms with E-state index in [9.17, 15) is 19.5 Å². The summed E-state index contributed by atoms with van der Waals surface area (Å²) >= 11 is 0. The lowest BCUT2D eigenvalue weighted by atomic mass is 9.44.